The molecule has 0 spiro atoms. The molecule has 6 nitrogen and oxygen atoms in total. The SMILES string of the molecule is O=C1COc2ccc(S(=O)(=O)Nc3cc(Cl)ccc3F)cc2N1. The molecule has 2 N–H and O–H groups in total. The number of rotatable bonds is 3. The average Bonchev–Trinajstić information content (AvgIpc) is 2.50. The van der Waals surface area contributed by atoms with Crippen molar-refractivity contribution in [3.8, 4) is 5.75 Å². The molecule has 9 heteroatoms. The summed E-state index contributed by atoms with van der Waals surface area (Å²) in [5, 5.41) is 2.70. The van der Waals surface area contributed by atoms with Crippen molar-refractivity contribution < 1.29 is 22.3 Å². The molecule has 1 amide bonds. The predicted octanol–water partition coefficient (Wildman–Crippen LogP) is 2.61. The molecule has 0 bridgehead atoms. The molecule has 0 aliphatic carbocycles. The summed E-state index contributed by atoms with van der Waals surface area (Å²) in [6.45, 7) is -0.134. The van der Waals surface area contributed by atoms with E-state index in [0.29, 0.717) is 5.75 Å². The van der Waals surface area contributed by atoms with Crippen molar-refractivity contribution in [2.45, 2.75) is 4.90 Å². The Morgan fingerprint density at radius 2 is 2.00 bits per heavy atom. The number of carbonyl (C=O) groups excluding carboxylic acids is 1. The first-order valence-corrected chi connectivity index (χ1v) is 8.26. The van der Waals surface area contributed by atoms with E-state index in [4.69, 9.17) is 16.3 Å². The maximum absolute atomic E-state index is 13.7. The zero-order valence-corrected chi connectivity index (χ0v) is 13.0. The minimum absolute atomic E-state index is 0.134. The maximum atomic E-state index is 13.7. The van der Waals surface area contributed by atoms with E-state index < -0.39 is 15.8 Å². The van der Waals surface area contributed by atoms with Gasteiger partial charge in [0.2, 0.25) is 0 Å². The summed E-state index contributed by atoms with van der Waals surface area (Å²) in [6, 6.07) is 7.47. The second-order valence-electron chi connectivity index (χ2n) is 4.72. The van der Waals surface area contributed by atoms with Gasteiger partial charge in [0.15, 0.2) is 6.61 Å². The Morgan fingerprint density at radius 1 is 1.22 bits per heavy atom. The van der Waals surface area contributed by atoms with Gasteiger partial charge in [-0.05, 0) is 36.4 Å². The van der Waals surface area contributed by atoms with Gasteiger partial charge in [-0.2, -0.15) is 0 Å². The first-order valence-electron chi connectivity index (χ1n) is 6.40. The Balaban J connectivity index is 1.95. The lowest BCUT2D eigenvalue weighted by molar-refractivity contribution is -0.118. The van der Waals surface area contributed by atoms with Crippen molar-refractivity contribution in [1.29, 1.82) is 0 Å². The maximum Gasteiger partial charge on any atom is 0.262 e. The minimum atomic E-state index is -4.06. The van der Waals surface area contributed by atoms with E-state index in [-0.39, 0.29) is 33.8 Å². The Morgan fingerprint density at radius 3 is 2.78 bits per heavy atom. The van der Waals surface area contributed by atoms with E-state index >= 15 is 0 Å². The highest BCUT2D eigenvalue weighted by Gasteiger charge is 2.22. The van der Waals surface area contributed by atoms with Crippen LogP contribution in [0.15, 0.2) is 41.3 Å². The van der Waals surface area contributed by atoms with E-state index in [1.54, 1.807) is 0 Å². The van der Waals surface area contributed by atoms with Crippen LogP contribution in [0.4, 0.5) is 15.8 Å². The molecule has 0 saturated heterocycles. The quantitative estimate of drug-likeness (QED) is 0.885. The summed E-state index contributed by atoms with van der Waals surface area (Å²) in [7, 11) is -4.06. The largest absolute Gasteiger partial charge is 0.482 e. The molecule has 3 rings (SSSR count). The number of fused-ring (bicyclic) bond motifs is 1. The molecule has 0 radical (unpaired) electrons. The highest BCUT2D eigenvalue weighted by atomic mass is 35.5. The molecule has 2 aromatic rings. The van der Waals surface area contributed by atoms with Crippen LogP contribution in [0.5, 0.6) is 5.75 Å². The van der Waals surface area contributed by atoms with Crippen molar-refractivity contribution in [2.24, 2.45) is 0 Å². The van der Waals surface area contributed by atoms with Crippen LogP contribution in [0.1, 0.15) is 0 Å². The number of benzene rings is 2. The summed E-state index contributed by atoms with van der Waals surface area (Å²) in [6.07, 6.45) is 0. The summed E-state index contributed by atoms with van der Waals surface area (Å²) in [5.74, 6) is -0.786. The van der Waals surface area contributed by atoms with Gasteiger partial charge in [0.1, 0.15) is 11.6 Å². The first-order chi connectivity index (χ1) is 10.8. The van der Waals surface area contributed by atoms with Gasteiger partial charge in [0, 0.05) is 5.02 Å². The van der Waals surface area contributed by atoms with Crippen LogP contribution in [0.3, 0.4) is 0 Å². The van der Waals surface area contributed by atoms with Crippen molar-refractivity contribution in [2.75, 3.05) is 16.6 Å². The molecule has 1 heterocycles. The number of sulfonamides is 1. The van der Waals surface area contributed by atoms with E-state index in [9.17, 15) is 17.6 Å². The standard InChI is InChI=1S/C14H10ClFN2O4S/c15-8-1-3-10(16)11(5-8)18-23(20,21)9-2-4-13-12(6-9)17-14(19)7-22-13/h1-6,18H,7H2,(H,17,19). The normalized spacial score (nSPS) is 13.7. The number of halogens is 2. The van der Waals surface area contributed by atoms with Crippen LogP contribution in [0, 0.1) is 5.82 Å². The highest BCUT2D eigenvalue weighted by molar-refractivity contribution is 7.92. The molecule has 0 unspecified atom stereocenters. The molecule has 1 aliphatic rings. The third-order valence-corrected chi connectivity index (χ3v) is 4.67. The topological polar surface area (TPSA) is 84.5 Å². The van der Waals surface area contributed by atoms with Crippen LogP contribution in [-0.2, 0) is 14.8 Å². The fraction of sp³-hybridized carbons (Fsp3) is 0.0714. The second kappa shape index (κ2) is 5.71. The van der Waals surface area contributed by atoms with Crippen molar-refractivity contribution in [3.63, 3.8) is 0 Å². The third kappa shape index (κ3) is 3.22. The van der Waals surface area contributed by atoms with Crippen LogP contribution in [0.25, 0.3) is 0 Å². The van der Waals surface area contributed by atoms with Gasteiger partial charge in [0.05, 0.1) is 16.3 Å². The van der Waals surface area contributed by atoms with E-state index in [1.807, 2.05) is 0 Å². The van der Waals surface area contributed by atoms with Gasteiger partial charge in [-0.1, -0.05) is 11.6 Å². The van der Waals surface area contributed by atoms with Gasteiger partial charge < -0.3 is 10.1 Å². The lowest BCUT2D eigenvalue weighted by Crippen LogP contribution is -2.25. The van der Waals surface area contributed by atoms with Crippen LogP contribution < -0.4 is 14.8 Å². The Hall–Kier alpha value is -2.32. The monoisotopic (exact) mass is 356 g/mol. The average molecular weight is 357 g/mol. The molecule has 120 valence electrons. The number of nitrogens with one attached hydrogen (secondary N) is 2. The van der Waals surface area contributed by atoms with Crippen molar-refractivity contribution in [1.82, 2.24) is 0 Å². The molecular formula is C14H10ClFN2O4S. The Kier molecular flexibility index (Phi) is 3.87. The highest BCUT2D eigenvalue weighted by Crippen LogP contribution is 2.31. The van der Waals surface area contributed by atoms with Gasteiger partial charge in [0.25, 0.3) is 15.9 Å². The van der Waals surface area contributed by atoms with E-state index in [2.05, 4.69) is 10.0 Å². The number of carbonyl (C=O) groups is 1. The fourth-order valence-corrected chi connectivity index (χ4v) is 3.26. The lowest BCUT2D eigenvalue weighted by atomic mass is 10.2. The molecule has 0 atom stereocenters. The predicted molar refractivity (Wildman–Crippen MR) is 82.8 cm³/mol. The summed E-state index contributed by atoms with van der Waals surface area (Å²) >= 11 is 5.74. The molecule has 2 aromatic carbocycles. The van der Waals surface area contributed by atoms with Crippen LogP contribution in [0.2, 0.25) is 5.02 Å². The summed E-state index contributed by atoms with van der Waals surface area (Å²) < 4.78 is 45.7. The third-order valence-electron chi connectivity index (χ3n) is 3.07. The second-order valence-corrected chi connectivity index (χ2v) is 6.84. The number of hydrogen-bond donors (Lipinski definition) is 2. The van der Waals surface area contributed by atoms with E-state index in [0.717, 1.165) is 12.1 Å². The lowest BCUT2D eigenvalue weighted by Gasteiger charge is -2.18. The number of hydrogen-bond acceptors (Lipinski definition) is 4. The van der Waals surface area contributed by atoms with Gasteiger partial charge in [-0.3, -0.25) is 9.52 Å². The Bertz CT molecular complexity index is 902. The first kappa shape index (κ1) is 15.6. The van der Waals surface area contributed by atoms with Gasteiger partial charge in [-0.25, -0.2) is 12.8 Å². The van der Waals surface area contributed by atoms with Crippen molar-refractivity contribution in [3.05, 3.63) is 47.2 Å². The number of anilines is 2. The Labute approximate surface area is 136 Å². The number of amides is 1. The molecular weight excluding hydrogens is 347 g/mol. The zero-order valence-electron chi connectivity index (χ0n) is 11.5. The smallest absolute Gasteiger partial charge is 0.262 e. The van der Waals surface area contributed by atoms with Gasteiger partial charge in [-0.15, -0.1) is 0 Å². The molecule has 0 fully saturated rings. The molecule has 23 heavy (non-hydrogen) atoms. The summed E-state index contributed by atoms with van der Waals surface area (Å²) in [4.78, 5) is 11.1. The number of ether oxygens (including phenoxy) is 1. The van der Waals surface area contributed by atoms with Crippen molar-refractivity contribution >= 4 is 38.9 Å². The van der Waals surface area contributed by atoms with E-state index in [1.165, 1.54) is 24.3 Å². The summed E-state index contributed by atoms with van der Waals surface area (Å²) in [5.41, 5.74) is -0.0359. The zero-order chi connectivity index (χ0) is 16.6. The fourth-order valence-electron chi connectivity index (χ4n) is 2.01. The molecule has 0 aromatic heterocycles. The van der Waals surface area contributed by atoms with Crippen LogP contribution >= 0.6 is 11.6 Å². The van der Waals surface area contributed by atoms with Gasteiger partial charge >= 0.3 is 0 Å². The van der Waals surface area contributed by atoms with Crippen LogP contribution in [-0.4, -0.2) is 20.9 Å². The molecule has 1 aliphatic heterocycles. The molecule has 0 saturated carbocycles. The minimum Gasteiger partial charge on any atom is -0.482 e.